The van der Waals surface area contributed by atoms with Crippen LogP contribution in [0.25, 0.3) is 0 Å². The van der Waals surface area contributed by atoms with Gasteiger partial charge in [0.1, 0.15) is 0 Å². The van der Waals surface area contributed by atoms with E-state index in [0.29, 0.717) is 55.7 Å². The molecule has 43 heavy (non-hydrogen) atoms. The molecule has 1 N–H and O–H groups in total. The Bertz CT molecular complexity index is 1480. The Morgan fingerprint density at radius 2 is 1.65 bits per heavy atom. The molecule has 3 aliphatic heterocycles. The zero-order valence-corrected chi connectivity index (χ0v) is 25.6. The first kappa shape index (κ1) is 29.2. The fourth-order valence-electron chi connectivity index (χ4n) is 7.13. The molecule has 0 radical (unpaired) electrons. The number of ether oxygens (including phenoxy) is 2. The van der Waals surface area contributed by atoms with Gasteiger partial charge in [0.2, 0.25) is 5.91 Å². The van der Waals surface area contributed by atoms with Crippen LogP contribution in [0, 0.1) is 12.8 Å². The highest BCUT2D eigenvalue weighted by Crippen LogP contribution is 2.48. The SMILES string of the molecule is CCOc1cc2c(cc1OCC)[C@@H]1[C@@H](C(=O)NCC3CCN(Cc4cccc(C)c4)CC3)c3ccccc3C(=O)N1CC2. The monoisotopic (exact) mass is 581 g/mol. The first-order valence-corrected chi connectivity index (χ1v) is 15.8. The van der Waals surface area contributed by atoms with E-state index in [1.165, 1.54) is 11.1 Å². The number of fused-ring (bicyclic) bond motifs is 4. The van der Waals surface area contributed by atoms with Crippen LogP contribution in [0.1, 0.15) is 76.8 Å². The van der Waals surface area contributed by atoms with Crippen molar-refractivity contribution < 1.29 is 19.1 Å². The lowest BCUT2D eigenvalue weighted by Crippen LogP contribution is -2.50. The fourth-order valence-corrected chi connectivity index (χ4v) is 7.13. The molecule has 2 amide bonds. The summed E-state index contributed by atoms with van der Waals surface area (Å²) in [4.78, 5) is 32.3. The molecule has 7 nitrogen and oxygen atoms in total. The van der Waals surface area contributed by atoms with E-state index in [-0.39, 0.29) is 11.8 Å². The summed E-state index contributed by atoms with van der Waals surface area (Å²) in [6.07, 6.45) is 2.83. The minimum atomic E-state index is -0.498. The van der Waals surface area contributed by atoms with Crippen LogP contribution in [0.15, 0.2) is 60.7 Å². The van der Waals surface area contributed by atoms with Gasteiger partial charge in [0.05, 0.1) is 25.2 Å². The maximum Gasteiger partial charge on any atom is 0.254 e. The van der Waals surface area contributed by atoms with Gasteiger partial charge in [-0.2, -0.15) is 0 Å². The summed E-state index contributed by atoms with van der Waals surface area (Å²) < 4.78 is 11.9. The van der Waals surface area contributed by atoms with E-state index in [4.69, 9.17) is 9.47 Å². The predicted molar refractivity (Wildman–Crippen MR) is 168 cm³/mol. The smallest absolute Gasteiger partial charge is 0.254 e. The number of aryl methyl sites for hydroxylation is 1. The number of benzene rings is 3. The van der Waals surface area contributed by atoms with Crippen LogP contribution in [-0.2, 0) is 17.8 Å². The number of likely N-dealkylation sites (tertiary alicyclic amines) is 1. The van der Waals surface area contributed by atoms with Crippen LogP contribution < -0.4 is 14.8 Å². The van der Waals surface area contributed by atoms with E-state index >= 15 is 0 Å². The molecule has 6 rings (SSSR count). The second-order valence-electron chi connectivity index (χ2n) is 12.1. The second kappa shape index (κ2) is 12.8. The molecular weight excluding hydrogens is 538 g/mol. The summed E-state index contributed by atoms with van der Waals surface area (Å²) in [6, 6.07) is 20.0. The van der Waals surface area contributed by atoms with Gasteiger partial charge in [-0.3, -0.25) is 14.5 Å². The van der Waals surface area contributed by atoms with E-state index in [2.05, 4.69) is 41.4 Å². The number of hydrogen-bond acceptors (Lipinski definition) is 5. The van der Waals surface area contributed by atoms with Gasteiger partial charge in [-0.1, -0.05) is 48.0 Å². The van der Waals surface area contributed by atoms with Gasteiger partial charge < -0.3 is 19.7 Å². The Morgan fingerprint density at radius 3 is 2.40 bits per heavy atom. The normalized spacial score (nSPS) is 20.2. The number of carbonyl (C=O) groups excluding carboxylic acids is 2. The molecular formula is C36H43N3O4. The standard InChI is InChI=1S/C36H43N3O4/c1-4-42-31-20-27-15-18-39-34(30(27)21-32(31)43-5-2)33(28-11-6-7-12-29(28)36(39)41)35(40)37-22-25-13-16-38(17-14-25)23-26-10-8-9-24(3)19-26/h6-12,19-21,25,33-34H,4-5,13-18,22-23H2,1-3H3,(H,37,40)/t33-,34+/m0/s1. The summed E-state index contributed by atoms with van der Waals surface area (Å²) in [5.41, 5.74) is 6.17. The highest BCUT2D eigenvalue weighted by molar-refractivity contribution is 6.01. The third kappa shape index (κ3) is 6.00. The average molecular weight is 582 g/mol. The Morgan fingerprint density at radius 1 is 0.907 bits per heavy atom. The van der Waals surface area contributed by atoms with Crippen molar-refractivity contribution in [3.8, 4) is 11.5 Å². The molecule has 0 aromatic heterocycles. The third-order valence-corrected chi connectivity index (χ3v) is 9.23. The summed E-state index contributed by atoms with van der Waals surface area (Å²) >= 11 is 0. The molecule has 3 aromatic carbocycles. The van der Waals surface area contributed by atoms with E-state index < -0.39 is 12.0 Å². The summed E-state index contributed by atoms with van der Waals surface area (Å²) in [7, 11) is 0. The van der Waals surface area contributed by atoms with Gasteiger partial charge in [-0.25, -0.2) is 0 Å². The third-order valence-electron chi connectivity index (χ3n) is 9.23. The van der Waals surface area contributed by atoms with E-state index in [0.717, 1.165) is 49.2 Å². The molecule has 3 aliphatic rings. The van der Waals surface area contributed by atoms with Gasteiger partial charge in [0.15, 0.2) is 11.5 Å². The molecule has 3 heterocycles. The minimum absolute atomic E-state index is 0.0110. The Kier molecular flexibility index (Phi) is 8.70. The van der Waals surface area contributed by atoms with Crippen LogP contribution in [0.3, 0.4) is 0 Å². The quantitative estimate of drug-likeness (QED) is 0.353. The maximum atomic E-state index is 14.2. The van der Waals surface area contributed by atoms with E-state index in [1.807, 2.05) is 55.1 Å². The zero-order valence-electron chi connectivity index (χ0n) is 25.6. The minimum Gasteiger partial charge on any atom is -0.490 e. The van der Waals surface area contributed by atoms with Crippen LogP contribution in [0.4, 0.5) is 0 Å². The first-order valence-electron chi connectivity index (χ1n) is 15.8. The lowest BCUT2D eigenvalue weighted by molar-refractivity contribution is -0.124. The molecule has 226 valence electrons. The highest BCUT2D eigenvalue weighted by Gasteiger charge is 2.46. The van der Waals surface area contributed by atoms with Crippen LogP contribution in [-0.4, -0.2) is 61.0 Å². The highest BCUT2D eigenvalue weighted by atomic mass is 16.5. The molecule has 0 unspecified atom stereocenters. The molecule has 0 aliphatic carbocycles. The van der Waals surface area contributed by atoms with Gasteiger partial charge >= 0.3 is 0 Å². The first-order chi connectivity index (χ1) is 21.0. The van der Waals surface area contributed by atoms with Gasteiger partial charge in [-0.05, 0) is 99.5 Å². The van der Waals surface area contributed by atoms with Crippen LogP contribution in [0.2, 0.25) is 0 Å². The maximum absolute atomic E-state index is 14.2. The summed E-state index contributed by atoms with van der Waals surface area (Å²) in [5.74, 6) is 1.29. The van der Waals surface area contributed by atoms with Gasteiger partial charge in [0, 0.05) is 25.2 Å². The number of nitrogens with one attached hydrogen (secondary N) is 1. The Balaban J connectivity index is 1.21. The van der Waals surface area contributed by atoms with Crippen molar-refractivity contribution in [1.29, 1.82) is 0 Å². The lowest BCUT2D eigenvalue weighted by Gasteiger charge is -2.45. The van der Waals surface area contributed by atoms with Crippen molar-refractivity contribution in [2.24, 2.45) is 5.92 Å². The van der Waals surface area contributed by atoms with E-state index in [1.54, 1.807) is 0 Å². The Hall–Kier alpha value is -3.84. The number of piperidine rings is 1. The number of hydrogen-bond donors (Lipinski definition) is 1. The topological polar surface area (TPSA) is 71.1 Å². The summed E-state index contributed by atoms with van der Waals surface area (Å²) in [5, 5.41) is 3.33. The molecule has 0 saturated carbocycles. The molecule has 2 atom stereocenters. The van der Waals surface area contributed by atoms with Crippen molar-refractivity contribution in [3.05, 3.63) is 94.0 Å². The number of amides is 2. The number of carbonyl (C=O) groups is 2. The molecule has 7 heteroatoms. The number of nitrogens with zero attached hydrogens (tertiary/aromatic N) is 2. The number of rotatable bonds is 9. The molecule has 3 aromatic rings. The molecule has 0 spiro atoms. The predicted octanol–water partition coefficient (Wildman–Crippen LogP) is 5.66. The van der Waals surface area contributed by atoms with Crippen molar-refractivity contribution in [2.45, 2.75) is 58.5 Å². The van der Waals surface area contributed by atoms with Gasteiger partial charge in [0.25, 0.3) is 5.91 Å². The second-order valence-corrected chi connectivity index (χ2v) is 12.1. The van der Waals surface area contributed by atoms with Crippen molar-refractivity contribution >= 4 is 11.8 Å². The van der Waals surface area contributed by atoms with Crippen molar-refractivity contribution in [3.63, 3.8) is 0 Å². The van der Waals surface area contributed by atoms with Crippen LogP contribution in [0.5, 0.6) is 11.5 Å². The summed E-state index contributed by atoms with van der Waals surface area (Å²) in [6.45, 7) is 11.3. The Labute approximate surface area is 255 Å². The fraction of sp³-hybridized carbons (Fsp3) is 0.444. The largest absolute Gasteiger partial charge is 0.490 e. The lowest BCUT2D eigenvalue weighted by atomic mass is 9.75. The van der Waals surface area contributed by atoms with E-state index in [9.17, 15) is 9.59 Å². The molecule has 1 fully saturated rings. The van der Waals surface area contributed by atoms with Crippen molar-refractivity contribution in [1.82, 2.24) is 15.1 Å². The zero-order chi connectivity index (χ0) is 29.9. The average Bonchev–Trinajstić information content (AvgIpc) is 3.01. The van der Waals surface area contributed by atoms with Crippen LogP contribution >= 0.6 is 0 Å². The molecule has 1 saturated heterocycles. The van der Waals surface area contributed by atoms with Crippen molar-refractivity contribution in [2.75, 3.05) is 39.4 Å². The molecule has 0 bridgehead atoms. The van der Waals surface area contributed by atoms with Gasteiger partial charge in [-0.15, -0.1) is 0 Å².